The first-order chi connectivity index (χ1) is 5.16. The van der Waals surface area contributed by atoms with Crippen molar-refractivity contribution in [2.75, 3.05) is 12.3 Å². The maximum absolute atomic E-state index is 10.4. The van der Waals surface area contributed by atoms with Gasteiger partial charge in [0.1, 0.15) is 0 Å². The number of amidine groups is 1. The Balaban J connectivity index is 3.21. The van der Waals surface area contributed by atoms with Crippen LogP contribution in [0.25, 0.3) is 0 Å². The molecule has 0 aliphatic rings. The Morgan fingerprint density at radius 1 is 1.73 bits per heavy atom. The van der Waals surface area contributed by atoms with Crippen molar-refractivity contribution in [3.05, 3.63) is 0 Å². The number of hydrazone groups is 1. The Hall–Kier alpha value is -0.910. The van der Waals surface area contributed by atoms with Gasteiger partial charge in [-0.05, 0) is 0 Å². The highest BCUT2D eigenvalue weighted by Crippen LogP contribution is 1.95. The first-order valence-electron chi connectivity index (χ1n) is 3.07. The summed E-state index contributed by atoms with van der Waals surface area (Å²) in [6, 6.07) is 0. The number of hydrogen-bond donors (Lipinski definition) is 3. The summed E-state index contributed by atoms with van der Waals surface area (Å²) in [6.07, 6.45) is 0. The summed E-state index contributed by atoms with van der Waals surface area (Å²) >= 11 is 1.31. The minimum atomic E-state index is -0.0474. The van der Waals surface area contributed by atoms with Gasteiger partial charge < -0.3 is 16.9 Å². The highest BCUT2D eigenvalue weighted by atomic mass is 32.2. The minimum Gasteiger partial charge on any atom is -0.377 e. The first kappa shape index (κ1) is 10.1. The molecule has 0 saturated carbocycles. The summed E-state index contributed by atoms with van der Waals surface area (Å²) in [4.78, 5) is 10.4. The Morgan fingerprint density at radius 2 is 2.36 bits per heavy atom. The van der Waals surface area contributed by atoms with Crippen molar-refractivity contribution in [2.45, 2.75) is 6.92 Å². The molecule has 1 amide bonds. The molecule has 0 aromatic heterocycles. The fraction of sp³-hybridized carbons (Fsp3) is 0.600. The van der Waals surface area contributed by atoms with Gasteiger partial charge in [-0.2, -0.15) is 5.10 Å². The second-order valence-electron chi connectivity index (χ2n) is 1.80. The third-order valence-corrected chi connectivity index (χ3v) is 1.66. The van der Waals surface area contributed by atoms with Crippen LogP contribution in [0.5, 0.6) is 0 Å². The van der Waals surface area contributed by atoms with Gasteiger partial charge in [0.2, 0.25) is 5.91 Å². The lowest BCUT2D eigenvalue weighted by atomic mass is 10.6. The van der Waals surface area contributed by atoms with Crippen molar-refractivity contribution in [1.82, 2.24) is 5.32 Å². The minimum absolute atomic E-state index is 0.0474. The molecule has 0 saturated heterocycles. The van der Waals surface area contributed by atoms with Gasteiger partial charge in [0.05, 0.1) is 0 Å². The molecule has 0 heterocycles. The van der Waals surface area contributed by atoms with Crippen molar-refractivity contribution >= 4 is 22.8 Å². The van der Waals surface area contributed by atoms with Gasteiger partial charge in [-0.1, -0.05) is 11.8 Å². The van der Waals surface area contributed by atoms with Crippen LogP contribution in [0, 0.1) is 0 Å². The summed E-state index contributed by atoms with van der Waals surface area (Å²) in [6.45, 7) is 2.04. The summed E-state index contributed by atoms with van der Waals surface area (Å²) in [5.74, 6) is 5.51. The van der Waals surface area contributed by atoms with Crippen LogP contribution < -0.4 is 16.9 Å². The molecule has 0 aliphatic heterocycles. The molecule has 0 unspecified atom stereocenters. The fourth-order valence-electron chi connectivity index (χ4n) is 0.420. The molecule has 0 aromatic rings. The van der Waals surface area contributed by atoms with E-state index in [1.54, 1.807) is 0 Å². The lowest BCUT2D eigenvalue weighted by molar-refractivity contribution is -0.118. The quantitative estimate of drug-likeness (QED) is 0.170. The molecule has 0 radical (unpaired) electrons. The van der Waals surface area contributed by atoms with Crippen LogP contribution in [0.1, 0.15) is 6.92 Å². The predicted molar refractivity (Wildman–Crippen MR) is 47.0 cm³/mol. The zero-order chi connectivity index (χ0) is 8.69. The number of carbonyl (C=O) groups is 1. The average Bonchev–Trinajstić information content (AvgIpc) is 1.97. The second kappa shape index (κ2) is 5.84. The molecule has 0 aromatic carbocycles. The Bertz CT molecular complexity index is 159. The normalized spacial score (nSPS) is 11.2. The molecule has 5 nitrogen and oxygen atoms in total. The summed E-state index contributed by atoms with van der Waals surface area (Å²) in [7, 11) is 0. The van der Waals surface area contributed by atoms with Gasteiger partial charge in [-0.25, -0.2) is 0 Å². The number of amides is 1. The maximum Gasteiger partial charge on any atom is 0.216 e. The van der Waals surface area contributed by atoms with Crippen molar-refractivity contribution in [1.29, 1.82) is 0 Å². The molecule has 0 aliphatic carbocycles. The largest absolute Gasteiger partial charge is 0.377 e. The van der Waals surface area contributed by atoms with E-state index >= 15 is 0 Å². The van der Waals surface area contributed by atoms with Crippen LogP contribution in [0.4, 0.5) is 0 Å². The highest BCUT2D eigenvalue weighted by Gasteiger charge is 1.93. The SMILES string of the molecule is CC(=O)NCCSC(N)=NN. The van der Waals surface area contributed by atoms with Crippen LogP contribution >= 0.6 is 11.8 Å². The van der Waals surface area contributed by atoms with Gasteiger partial charge in [-0.15, -0.1) is 0 Å². The zero-order valence-electron chi connectivity index (χ0n) is 6.33. The average molecular weight is 176 g/mol. The van der Waals surface area contributed by atoms with E-state index in [4.69, 9.17) is 11.6 Å². The molecular formula is C5H12N4OS. The molecule has 0 rings (SSSR count). The van der Waals surface area contributed by atoms with E-state index < -0.39 is 0 Å². The number of hydrogen-bond acceptors (Lipinski definition) is 4. The van der Waals surface area contributed by atoms with E-state index in [1.165, 1.54) is 18.7 Å². The van der Waals surface area contributed by atoms with E-state index in [9.17, 15) is 4.79 Å². The van der Waals surface area contributed by atoms with Crippen LogP contribution in [-0.2, 0) is 4.79 Å². The van der Waals surface area contributed by atoms with Crippen molar-refractivity contribution in [3.63, 3.8) is 0 Å². The standard InChI is InChI=1S/C5H12N4OS/c1-4(10)8-2-3-11-5(6)9-7/h2-3,7H2,1H3,(H2,6,9)(H,8,10). The number of thioether (sulfide) groups is 1. The molecular weight excluding hydrogens is 164 g/mol. The molecule has 0 fully saturated rings. The summed E-state index contributed by atoms with van der Waals surface area (Å²) < 4.78 is 0. The number of rotatable bonds is 3. The maximum atomic E-state index is 10.4. The topological polar surface area (TPSA) is 93.5 Å². The zero-order valence-corrected chi connectivity index (χ0v) is 7.15. The molecule has 64 valence electrons. The Morgan fingerprint density at radius 3 is 2.82 bits per heavy atom. The summed E-state index contributed by atoms with van der Waals surface area (Å²) in [5.41, 5.74) is 5.27. The van der Waals surface area contributed by atoms with E-state index in [2.05, 4.69) is 10.4 Å². The molecule has 11 heavy (non-hydrogen) atoms. The van der Waals surface area contributed by atoms with Crippen LogP contribution in [0.3, 0.4) is 0 Å². The molecule has 0 bridgehead atoms. The van der Waals surface area contributed by atoms with Crippen molar-refractivity contribution in [3.8, 4) is 0 Å². The van der Waals surface area contributed by atoms with Gasteiger partial charge in [0.15, 0.2) is 5.17 Å². The molecule has 0 atom stereocenters. The lowest BCUT2D eigenvalue weighted by Gasteiger charge is -1.99. The molecule has 0 spiro atoms. The monoisotopic (exact) mass is 176 g/mol. The van der Waals surface area contributed by atoms with E-state index in [-0.39, 0.29) is 5.91 Å². The smallest absolute Gasteiger partial charge is 0.216 e. The molecule has 5 N–H and O–H groups in total. The molecule has 6 heteroatoms. The van der Waals surface area contributed by atoms with Crippen LogP contribution in [0.2, 0.25) is 0 Å². The van der Waals surface area contributed by atoms with Crippen LogP contribution in [-0.4, -0.2) is 23.4 Å². The van der Waals surface area contributed by atoms with E-state index in [1.807, 2.05) is 0 Å². The highest BCUT2D eigenvalue weighted by molar-refractivity contribution is 8.13. The van der Waals surface area contributed by atoms with Gasteiger partial charge in [0, 0.05) is 19.2 Å². The number of nitrogens with two attached hydrogens (primary N) is 2. The second-order valence-corrected chi connectivity index (χ2v) is 2.91. The number of nitrogens with zero attached hydrogens (tertiary/aromatic N) is 1. The van der Waals surface area contributed by atoms with Gasteiger partial charge >= 0.3 is 0 Å². The van der Waals surface area contributed by atoms with E-state index in [0.29, 0.717) is 17.5 Å². The first-order valence-corrected chi connectivity index (χ1v) is 4.06. The fourth-order valence-corrected chi connectivity index (χ4v) is 0.908. The lowest BCUT2D eigenvalue weighted by Crippen LogP contribution is -2.23. The predicted octanol–water partition coefficient (Wildman–Crippen LogP) is -0.956. The third kappa shape index (κ3) is 6.98. The Kier molecular flexibility index (Phi) is 5.36. The van der Waals surface area contributed by atoms with Crippen molar-refractivity contribution in [2.24, 2.45) is 16.7 Å². The van der Waals surface area contributed by atoms with Gasteiger partial charge in [-0.3, -0.25) is 4.79 Å². The number of nitrogens with one attached hydrogen (secondary N) is 1. The summed E-state index contributed by atoms with van der Waals surface area (Å²) in [5, 5.41) is 6.19. The third-order valence-electron chi connectivity index (χ3n) is 0.853. The Labute approximate surface area is 69.6 Å². The van der Waals surface area contributed by atoms with E-state index in [0.717, 1.165) is 0 Å². The van der Waals surface area contributed by atoms with Crippen molar-refractivity contribution < 1.29 is 4.79 Å². The van der Waals surface area contributed by atoms with Gasteiger partial charge in [0.25, 0.3) is 0 Å². The van der Waals surface area contributed by atoms with Crippen LogP contribution in [0.15, 0.2) is 5.10 Å². The number of carbonyl (C=O) groups excluding carboxylic acids is 1.